The molecule has 0 aromatic heterocycles. The molecule has 0 bridgehead atoms. The summed E-state index contributed by atoms with van der Waals surface area (Å²) < 4.78 is 15.8. The fourth-order valence-electron chi connectivity index (χ4n) is 3.59. The molecule has 0 radical (unpaired) electrons. The quantitative estimate of drug-likeness (QED) is 0.644. The molecule has 3 rings (SSSR count). The molecular formula is C23H28ClNO5. The molecule has 1 aliphatic heterocycles. The maximum Gasteiger partial charge on any atom is 0.343 e. The van der Waals surface area contributed by atoms with Crippen molar-refractivity contribution in [3.05, 3.63) is 64.7 Å². The van der Waals surface area contributed by atoms with Gasteiger partial charge in [-0.05, 0) is 48.7 Å². The van der Waals surface area contributed by atoms with Crippen molar-refractivity contribution >= 4 is 17.6 Å². The van der Waals surface area contributed by atoms with E-state index in [1.165, 1.54) is 12.7 Å². The minimum Gasteiger partial charge on any atom is -0.482 e. The molecule has 1 fully saturated rings. The third-order valence-electron chi connectivity index (χ3n) is 5.33. The van der Waals surface area contributed by atoms with Crippen LogP contribution in [-0.2, 0) is 20.7 Å². The van der Waals surface area contributed by atoms with Crippen LogP contribution in [0.2, 0.25) is 5.02 Å². The largest absolute Gasteiger partial charge is 0.482 e. The second-order valence-electron chi connectivity index (χ2n) is 7.47. The SMILES string of the molecule is COC(=O)COc1ccc(CC(C)N2CCOC(C(O)c3cccc(Cl)c3)C2)cc1. The van der Waals surface area contributed by atoms with Gasteiger partial charge in [-0.2, -0.15) is 0 Å². The smallest absolute Gasteiger partial charge is 0.343 e. The van der Waals surface area contributed by atoms with E-state index in [1.54, 1.807) is 12.1 Å². The molecule has 1 saturated heterocycles. The molecule has 0 aliphatic carbocycles. The summed E-state index contributed by atoms with van der Waals surface area (Å²) in [5.41, 5.74) is 1.94. The number of aliphatic hydroxyl groups is 1. The highest BCUT2D eigenvalue weighted by atomic mass is 35.5. The van der Waals surface area contributed by atoms with E-state index in [-0.39, 0.29) is 18.8 Å². The number of methoxy groups -OCH3 is 1. The van der Waals surface area contributed by atoms with Gasteiger partial charge < -0.3 is 19.3 Å². The molecule has 6 nitrogen and oxygen atoms in total. The van der Waals surface area contributed by atoms with Crippen molar-refractivity contribution in [1.29, 1.82) is 0 Å². The Kier molecular flexibility index (Phi) is 8.10. The van der Waals surface area contributed by atoms with E-state index in [1.807, 2.05) is 36.4 Å². The van der Waals surface area contributed by atoms with Crippen LogP contribution in [0.4, 0.5) is 0 Å². The highest BCUT2D eigenvalue weighted by molar-refractivity contribution is 6.30. The number of rotatable bonds is 8. The molecule has 30 heavy (non-hydrogen) atoms. The first-order valence-corrected chi connectivity index (χ1v) is 10.4. The second kappa shape index (κ2) is 10.8. The molecule has 1 aliphatic rings. The van der Waals surface area contributed by atoms with Crippen LogP contribution >= 0.6 is 11.6 Å². The van der Waals surface area contributed by atoms with Gasteiger partial charge in [-0.3, -0.25) is 4.90 Å². The van der Waals surface area contributed by atoms with Gasteiger partial charge in [0, 0.05) is 24.2 Å². The molecule has 2 aromatic carbocycles. The lowest BCUT2D eigenvalue weighted by atomic mass is 10.0. The Hall–Kier alpha value is -2.12. The summed E-state index contributed by atoms with van der Waals surface area (Å²) in [5, 5.41) is 11.3. The number of morpholine rings is 1. The number of ether oxygens (including phenoxy) is 3. The fourth-order valence-corrected chi connectivity index (χ4v) is 3.78. The molecule has 2 aromatic rings. The standard InChI is InChI=1S/C23H28ClNO5/c1-16(12-17-6-8-20(9-7-17)30-15-22(26)28-2)25-10-11-29-21(14-25)23(27)18-4-3-5-19(24)13-18/h3-9,13,16,21,23,27H,10-12,14-15H2,1-2H3. The molecule has 162 valence electrons. The van der Waals surface area contributed by atoms with Gasteiger partial charge in [0.15, 0.2) is 6.61 Å². The number of carbonyl (C=O) groups excluding carboxylic acids is 1. The first kappa shape index (κ1) is 22.6. The number of aliphatic hydroxyl groups excluding tert-OH is 1. The Balaban J connectivity index is 1.54. The number of hydrogen-bond donors (Lipinski definition) is 1. The summed E-state index contributed by atoms with van der Waals surface area (Å²) in [4.78, 5) is 13.5. The van der Waals surface area contributed by atoms with Crippen molar-refractivity contribution in [3.8, 4) is 5.75 Å². The van der Waals surface area contributed by atoms with Gasteiger partial charge in [0.1, 0.15) is 18.0 Å². The van der Waals surface area contributed by atoms with Crippen LogP contribution in [0.3, 0.4) is 0 Å². The third kappa shape index (κ3) is 6.19. The van der Waals surface area contributed by atoms with Gasteiger partial charge in [0.05, 0.1) is 13.7 Å². The van der Waals surface area contributed by atoms with E-state index in [2.05, 4.69) is 16.6 Å². The van der Waals surface area contributed by atoms with E-state index < -0.39 is 12.1 Å². The van der Waals surface area contributed by atoms with Crippen LogP contribution in [0.15, 0.2) is 48.5 Å². The number of hydrogen-bond acceptors (Lipinski definition) is 6. The van der Waals surface area contributed by atoms with Crippen LogP contribution in [-0.4, -0.2) is 61.5 Å². The molecule has 0 spiro atoms. The fraction of sp³-hybridized carbons (Fsp3) is 0.435. The lowest BCUT2D eigenvalue weighted by Gasteiger charge is -2.38. The minimum atomic E-state index is -0.718. The number of carbonyl (C=O) groups is 1. The van der Waals surface area contributed by atoms with Crippen molar-refractivity contribution in [2.45, 2.75) is 31.6 Å². The molecule has 3 atom stereocenters. The average Bonchev–Trinajstić information content (AvgIpc) is 2.78. The normalized spacial score (nSPS) is 19.1. The van der Waals surface area contributed by atoms with E-state index >= 15 is 0 Å². The highest BCUT2D eigenvalue weighted by Gasteiger charge is 2.30. The Morgan fingerprint density at radius 3 is 2.77 bits per heavy atom. The third-order valence-corrected chi connectivity index (χ3v) is 5.56. The van der Waals surface area contributed by atoms with Gasteiger partial charge in [-0.25, -0.2) is 4.79 Å². The highest BCUT2D eigenvalue weighted by Crippen LogP contribution is 2.26. The summed E-state index contributed by atoms with van der Waals surface area (Å²) >= 11 is 6.06. The van der Waals surface area contributed by atoms with Crippen molar-refractivity contribution in [1.82, 2.24) is 4.90 Å². The average molecular weight is 434 g/mol. The van der Waals surface area contributed by atoms with Crippen molar-refractivity contribution in [2.24, 2.45) is 0 Å². The summed E-state index contributed by atoms with van der Waals surface area (Å²) in [6, 6.07) is 15.3. The predicted octanol–water partition coefficient (Wildman–Crippen LogP) is 3.26. The number of nitrogens with zero attached hydrogens (tertiary/aromatic N) is 1. The Labute approximate surface area is 182 Å². The van der Waals surface area contributed by atoms with E-state index in [9.17, 15) is 9.90 Å². The first-order valence-electron chi connectivity index (χ1n) is 10.0. The minimum absolute atomic E-state index is 0.101. The Bertz CT molecular complexity index is 829. The molecule has 1 heterocycles. The lowest BCUT2D eigenvalue weighted by molar-refractivity contribution is -0.142. The first-order chi connectivity index (χ1) is 14.5. The summed E-state index contributed by atoms with van der Waals surface area (Å²) in [5.74, 6) is 0.224. The summed E-state index contributed by atoms with van der Waals surface area (Å²) in [6.07, 6.45) is -0.157. The van der Waals surface area contributed by atoms with Crippen LogP contribution in [0.1, 0.15) is 24.2 Å². The van der Waals surface area contributed by atoms with Crippen LogP contribution in [0.5, 0.6) is 5.75 Å². The van der Waals surface area contributed by atoms with Gasteiger partial charge in [-0.1, -0.05) is 35.9 Å². The topological polar surface area (TPSA) is 68.2 Å². The van der Waals surface area contributed by atoms with Crippen molar-refractivity contribution in [3.63, 3.8) is 0 Å². The zero-order chi connectivity index (χ0) is 21.5. The lowest BCUT2D eigenvalue weighted by Crippen LogP contribution is -2.49. The monoisotopic (exact) mass is 433 g/mol. The van der Waals surface area contributed by atoms with Gasteiger partial charge in [-0.15, -0.1) is 0 Å². The van der Waals surface area contributed by atoms with Crippen LogP contribution in [0.25, 0.3) is 0 Å². The molecule has 7 heteroatoms. The van der Waals surface area contributed by atoms with Gasteiger partial charge in [0.25, 0.3) is 0 Å². The zero-order valence-electron chi connectivity index (χ0n) is 17.3. The summed E-state index contributed by atoms with van der Waals surface area (Å²) in [7, 11) is 1.33. The predicted molar refractivity (Wildman–Crippen MR) is 115 cm³/mol. The molecular weight excluding hydrogens is 406 g/mol. The van der Waals surface area contributed by atoms with Crippen molar-refractivity contribution < 1.29 is 24.1 Å². The number of esters is 1. The number of halogens is 1. The van der Waals surface area contributed by atoms with Gasteiger partial charge >= 0.3 is 5.97 Å². The van der Waals surface area contributed by atoms with E-state index in [0.29, 0.717) is 23.9 Å². The maximum absolute atomic E-state index is 11.2. The maximum atomic E-state index is 11.2. The molecule has 0 amide bonds. The second-order valence-corrected chi connectivity index (χ2v) is 7.90. The van der Waals surface area contributed by atoms with Crippen molar-refractivity contribution in [2.75, 3.05) is 33.4 Å². The molecule has 3 unspecified atom stereocenters. The van der Waals surface area contributed by atoms with E-state index in [4.69, 9.17) is 21.1 Å². The van der Waals surface area contributed by atoms with E-state index in [0.717, 1.165) is 18.5 Å². The summed E-state index contributed by atoms with van der Waals surface area (Å²) in [6.45, 7) is 4.12. The van der Waals surface area contributed by atoms with Gasteiger partial charge in [0.2, 0.25) is 0 Å². The molecule has 1 N–H and O–H groups in total. The number of benzene rings is 2. The Morgan fingerprint density at radius 1 is 1.30 bits per heavy atom. The zero-order valence-corrected chi connectivity index (χ0v) is 18.0. The van der Waals surface area contributed by atoms with Crippen LogP contribution < -0.4 is 4.74 Å². The molecule has 0 saturated carbocycles. The Morgan fingerprint density at radius 2 is 2.07 bits per heavy atom. The van der Waals surface area contributed by atoms with Crippen LogP contribution in [0, 0.1) is 0 Å².